The van der Waals surface area contributed by atoms with E-state index in [9.17, 15) is 9.90 Å². The molecular weight excluding hydrogens is 316 g/mol. The maximum absolute atomic E-state index is 12.7. The van der Waals surface area contributed by atoms with Gasteiger partial charge in [-0.15, -0.1) is 0 Å². The van der Waals surface area contributed by atoms with Gasteiger partial charge >= 0.3 is 6.03 Å². The number of carbonyl (C=O) groups is 1. The molecule has 1 aliphatic rings. The van der Waals surface area contributed by atoms with Crippen molar-refractivity contribution in [3.8, 4) is 5.75 Å². The lowest BCUT2D eigenvalue weighted by Crippen LogP contribution is -2.46. The summed E-state index contributed by atoms with van der Waals surface area (Å²) < 4.78 is 5.76. The number of nitrogens with zero attached hydrogens (tertiary/aromatic N) is 1. The van der Waals surface area contributed by atoms with E-state index in [2.05, 4.69) is 19.2 Å². The molecule has 2 N–H and O–H groups in total. The number of aliphatic hydroxyl groups is 1. The summed E-state index contributed by atoms with van der Waals surface area (Å²) >= 11 is 0. The van der Waals surface area contributed by atoms with Crippen molar-refractivity contribution in [3.63, 3.8) is 0 Å². The standard InChI is InChI=1S/C20H32N2O3/c1-4-25-19-8-6-5-7-17(19)18(13-15(2)3)21-20(24)22-11-9-16(14-23)10-12-22/h5-8,15-16,18,23H,4,9-14H2,1-3H3,(H,21,24). The first-order valence-electron chi connectivity index (χ1n) is 9.43. The molecule has 0 aromatic heterocycles. The van der Waals surface area contributed by atoms with E-state index < -0.39 is 0 Å². The number of ether oxygens (including phenoxy) is 1. The van der Waals surface area contributed by atoms with Crippen molar-refractivity contribution >= 4 is 6.03 Å². The number of rotatable bonds is 7. The fraction of sp³-hybridized carbons (Fsp3) is 0.650. The molecule has 1 aromatic carbocycles. The number of piperidine rings is 1. The number of aliphatic hydroxyl groups excluding tert-OH is 1. The minimum Gasteiger partial charge on any atom is -0.494 e. The molecule has 0 aliphatic carbocycles. The van der Waals surface area contributed by atoms with Crippen LogP contribution in [-0.2, 0) is 0 Å². The first-order chi connectivity index (χ1) is 12.0. The van der Waals surface area contributed by atoms with E-state index in [-0.39, 0.29) is 18.7 Å². The molecule has 0 spiro atoms. The van der Waals surface area contributed by atoms with Crippen LogP contribution in [0.25, 0.3) is 0 Å². The van der Waals surface area contributed by atoms with Crippen LogP contribution >= 0.6 is 0 Å². The first kappa shape index (κ1) is 19.6. The SMILES string of the molecule is CCOc1ccccc1C(CC(C)C)NC(=O)N1CCC(CO)CC1. The van der Waals surface area contributed by atoms with Gasteiger partial charge < -0.3 is 20.1 Å². The molecule has 1 atom stereocenters. The van der Waals surface area contributed by atoms with Crippen LogP contribution in [0.3, 0.4) is 0 Å². The molecule has 5 heteroatoms. The van der Waals surface area contributed by atoms with E-state index in [1.165, 1.54) is 0 Å². The quantitative estimate of drug-likeness (QED) is 0.791. The summed E-state index contributed by atoms with van der Waals surface area (Å²) in [5.74, 6) is 1.63. The Morgan fingerprint density at radius 3 is 2.60 bits per heavy atom. The van der Waals surface area contributed by atoms with Crippen molar-refractivity contribution in [1.29, 1.82) is 0 Å². The minimum atomic E-state index is -0.0641. The lowest BCUT2D eigenvalue weighted by Gasteiger charge is -2.33. The van der Waals surface area contributed by atoms with Gasteiger partial charge in [0.15, 0.2) is 0 Å². The fourth-order valence-electron chi connectivity index (χ4n) is 3.35. The van der Waals surface area contributed by atoms with Crippen molar-refractivity contribution in [2.24, 2.45) is 11.8 Å². The van der Waals surface area contributed by atoms with Crippen LogP contribution in [-0.4, -0.2) is 42.3 Å². The Balaban J connectivity index is 2.09. The van der Waals surface area contributed by atoms with E-state index in [0.29, 0.717) is 31.5 Å². The van der Waals surface area contributed by atoms with Gasteiger partial charge in [0.2, 0.25) is 0 Å². The Hall–Kier alpha value is -1.75. The minimum absolute atomic E-state index is 0.0201. The van der Waals surface area contributed by atoms with E-state index in [0.717, 1.165) is 30.6 Å². The van der Waals surface area contributed by atoms with Crippen LogP contribution in [0.1, 0.15) is 51.6 Å². The number of hydrogen-bond acceptors (Lipinski definition) is 3. The highest BCUT2D eigenvalue weighted by molar-refractivity contribution is 5.75. The molecule has 1 fully saturated rings. The van der Waals surface area contributed by atoms with Crippen molar-refractivity contribution < 1.29 is 14.6 Å². The monoisotopic (exact) mass is 348 g/mol. The Bertz CT molecular complexity index is 539. The van der Waals surface area contributed by atoms with Crippen LogP contribution < -0.4 is 10.1 Å². The highest BCUT2D eigenvalue weighted by Crippen LogP contribution is 2.30. The molecule has 1 saturated heterocycles. The summed E-state index contributed by atoms with van der Waals surface area (Å²) in [5, 5.41) is 12.5. The molecule has 0 radical (unpaired) electrons. The number of hydrogen-bond donors (Lipinski definition) is 2. The average molecular weight is 348 g/mol. The van der Waals surface area contributed by atoms with Gasteiger partial charge in [0.05, 0.1) is 12.6 Å². The fourth-order valence-corrected chi connectivity index (χ4v) is 3.35. The molecule has 1 aliphatic heterocycles. The number of para-hydroxylation sites is 1. The number of urea groups is 1. The number of carbonyl (C=O) groups excluding carboxylic acids is 1. The lowest BCUT2D eigenvalue weighted by atomic mass is 9.96. The zero-order valence-corrected chi connectivity index (χ0v) is 15.7. The lowest BCUT2D eigenvalue weighted by molar-refractivity contribution is 0.135. The Morgan fingerprint density at radius 2 is 2.00 bits per heavy atom. The summed E-state index contributed by atoms with van der Waals surface area (Å²) in [4.78, 5) is 14.6. The molecule has 5 nitrogen and oxygen atoms in total. The number of nitrogens with one attached hydrogen (secondary N) is 1. The molecule has 0 bridgehead atoms. The number of benzene rings is 1. The largest absolute Gasteiger partial charge is 0.494 e. The van der Waals surface area contributed by atoms with E-state index in [1.807, 2.05) is 36.1 Å². The predicted molar refractivity (Wildman–Crippen MR) is 99.7 cm³/mol. The van der Waals surface area contributed by atoms with Crippen LogP contribution in [0.15, 0.2) is 24.3 Å². The summed E-state index contributed by atoms with van der Waals surface area (Å²) in [6.45, 7) is 8.53. The van der Waals surface area contributed by atoms with E-state index in [1.54, 1.807) is 0 Å². The first-order valence-corrected chi connectivity index (χ1v) is 9.43. The Labute approximate surface area is 151 Å². The Morgan fingerprint density at radius 1 is 1.32 bits per heavy atom. The van der Waals surface area contributed by atoms with Crippen LogP contribution in [0.2, 0.25) is 0 Å². The second kappa shape index (κ2) is 9.66. The van der Waals surface area contributed by atoms with Gasteiger partial charge in [-0.25, -0.2) is 4.79 Å². The van der Waals surface area contributed by atoms with Crippen LogP contribution in [0.5, 0.6) is 5.75 Å². The second-order valence-electron chi connectivity index (χ2n) is 7.22. The molecule has 1 aromatic rings. The third-order valence-electron chi connectivity index (χ3n) is 4.76. The molecule has 140 valence electrons. The smallest absolute Gasteiger partial charge is 0.317 e. The number of amides is 2. The highest BCUT2D eigenvalue weighted by Gasteiger charge is 2.26. The topological polar surface area (TPSA) is 61.8 Å². The van der Waals surface area contributed by atoms with Gasteiger partial charge in [-0.3, -0.25) is 0 Å². The Kier molecular flexibility index (Phi) is 7.56. The van der Waals surface area contributed by atoms with Crippen molar-refractivity contribution in [2.75, 3.05) is 26.3 Å². The molecule has 2 amide bonds. The third kappa shape index (κ3) is 5.63. The zero-order valence-electron chi connectivity index (χ0n) is 15.7. The summed E-state index contributed by atoms with van der Waals surface area (Å²) in [6, 6.07) is 7.87. The van der Waals surface area contributed by atoms with Gasteiger partial charge in [0, 0.05) is 25.3 Å². The van der Waals surface area contributed by atoms with Crippen molar-refractivity contribution in [3.05, 3.63) is 29.8 Å². The second-order valence-corrected chi connectivity index (χ2v) is 7.22. The highest BCUT2D eigenvalue weighted by atomic mass is 16.5. The molecule has 25 heavy (non-hydrogen) atoms. The summed E-state index contributed by atoms with van der Waals surface area (Å²) in [6.07, 6.45) is 2.60. The van der Waals surface area contributed by atoms with E-state index >= 15 is 0 Å². The van der Waals surface area contributed by atoms with Gasteiger partial charge in [-0.1, -0.05) is 32.0 Å². The molecule has 0 saturated carbocycles. The van der Waals surface area contributed by atoms with Gasteiger partial charge in [0.25, 0.3) is 0 Å². The van der Waals surface area contributed by atoms with Crippen molar-refractivity contribution in [2.45, 2.75) is 46.1 Å². The average Bonchev–Trinajstić information content (AvgIpc) is 2.61. The normalized spacial score (nSPS) is 16.8. The summed E-state index contributed by atoms with van der Waals surface area (Å²) in [5.41, 5.74) is 1.04. The van der Waals surface area contributed by atoms with Gasteiger partial charge in [0.1, 0.15) is 5.75 Å². The van der Waals surface area contributed by atoms with Crippen molar-refractivity contribution in [1.82, 2.24) is 10.2 Å². The van der Waals surface area contributed by atoms with Crippen LogP contribution in [0, 0.1) is 11.8 Å². The molecule has 1 heterocycles. The van der Waals surface area contributed by atoms with Gasteiger partial charge in [-0.05, 0) is 44.1 Å². The molecule has 1 unspecified atom stereocenters. The maximum Gasteiger partial charge on any atom is 0.317 e. The molecule has 2 rings (SSSR count). The number of likely N-dealkylation sites (tertiary alicyclic amines) is 1. The molecular formula is C20H32N2O3. The summed E-state index contributed by atoms with van der Waals surface area (Å²) in [7, 11) is 0. The van der Waals surface area contributed by atoms with Gasteiger partial charge in [-0.2, -0.15) is 0 Å². The maximum atomic E-state index is 12.7. The van der Waals surface area contributed by atoms with Crippen LogP contribution in [0.4, 0.5) is 4.79 Å². The predicted octanol–water partition coefficient (Wildman–Crippen LogP) is 3.59. The zero-order chi connectivity index (χ0) is 18.2. The van der Waals surface area contributed by atoms with E-state index in [4.69, 9.17) is 4.74 Å². The third-order valence-corrected chi connectivity index (χ3v) is 4.76.